The fourth-order valence-corrected chi connectivity index (χ4v) is 2.08. The average Bonchev–Trinajstić information content (AvgIpc) is 2.46. The number of rotatable bonds is 5. The Hall–Kier alpha value is -1.94. The van der Waals surface area contributed by atoms with E-state index in [4.69, 9.17) is 10.5 Å². The second-order valence-electron chi connectivity index (χ2n) is 5.13. The van der Waals surface area contributed by atoms with Gasteiger partial charge in [0.25, 0.3) is 0 Å². The second-order valence-corrected chi connectivity index (χ2v) is 5.13. The maximum absolute atomic E-state index is 13.6. The van der Waals surface area contributed by atoms with E-state index in [9.17, 15) is 8.78 Å². The first kappa shape index (κ1) is 15.4. The predicted molar refractivity (Wildman–Crippen MR) is 79.6 cm³/mol. The van der Waals surface area contributed by atoms with Crippen molar-refractivity contribution in [3.63, 3.8) is 0 Å². The molecule has 2 N–H and O–H groups in total. The minimum Gasteiger partial charge on any atom is -0.454 e. The van der Waals surface area contributed by atoms with Crippen molar-refractivity contribution in [2.24, 2.45) is 5.73 Å². The Balaban J connectivity index is 2.19. The van der Waals surface area contributed by atoms with Gasteiger partial charge in [0, 0.05) is 6.04 Å². The Kier molecular flexibility index (Phi) is 4.91. The first-order valence-electron chi connectivity index (χ1n) is 6.98. The maximum Gasteiger partial charge on any atom is 0.201 e. The van der Waals surface area contributed by atoms with Crippen molar-refractivity contribution in [3.05, 3.63) is 59.2 Å². The molecule has 0 radical (unpaired) electrons. The van der Waals surface area contributed by atoms with Crippen molar-refractivity contribution >= 4 is 0 Å². The van der Waals surface area contributed by atoms with E-state index in [-0.39, 0.29) is 11.8 Å². The summed E-state index contributed by atoms with van der Waals surface area (Å²) in [7, 11) is 0. The summed E-state index contributed by atoms with van der Waals surface area (Å²) in [6.07, 6.45) is 1.69. The lowest BCUT2D eigenvalue weighted by Crippen LogP contribution is -2.21. The fraction of sp³-hybridized carbons (Fsp3) is 0.294. The molecule has 0 spiro atoms. The second kappa shape index (κ2) is 6.68. The van der Waals surface area contributed by atoms with Gasteiger partial charge in [-0.1, -0.05) is 25.1 Å². The van der Waals surface area contributed by atoms with Gasteiger partial charge in [-0.25, -0.2) is 4.39 Å². The van der Waals surface area contributed by atoms with Crippen LogP contribution in [0.2, 0.25) is 0 Å². The van der Waals surface area contributed by atoms with Crippen LogP contribution in [-0.4, -0.2) is 6.04 Å². The summed E-state index contributed by atoms with van der Waals surface area (Å²) in [6.45, 7) is 3.91. The molecule has 21 heavy (non-hydrogen) atoms. The van der Waals surface area contributed by atoms with Gasteiger partial charge in [0.1, 0.15) is 5.75 Å². The van der Waals surface area contributed by atoms with Crippen molar-refractivity contribution in [3.8, 4) is 11.5 Å². The standard InChI is InChI=1S/C17H19F2NO/c1-3-13(20)10-12-7-8-15(11(2)9-12)21-16-6-4-5-14(18)17(16)19/h4-9,13H,3,10,20H2,1-2H3. The lowest BCUT2D eigenvalue weighted by atomic mass is 10.0. The maximum atomic E-state index is 13.6. The van der Waals surface area contributed by atoms with Gasteiger partial charge >= 0.3 is 0 Å². The lowest BCUT2D eigenvalue weighted by molar-refractivity contribution is 0.414. The summed E-state index contributed by atoms with van der Waals surface area (Å²) < 4.78 is 32.2. The van der Waals surface area contributed by atoms with E-state index in [1.165, 1.54) is 12.1 Å². The summed E-state index contributed by atoms with van der Waals surface area (Å²) in [6, 6.07) is 9.62. The predicted octanol–water partition coefficient (Wildman–Crippen LogP) is 4.35. The molecule has 0 heterocycles. The molecule has 0 fully saturated rings. The van der Waals surface area contributed by atoms with Crippen LogP contribution in [0.25, 0.3) is 0 Å². The molecule has 0 aliphatic heterocycles. The van der Waals surface area contributed by atoms with Gasteiger partial charge in [-0.05, 0) is 49.1 Å². The minimum absolute atomic E-state index is 0.115. The normalized spacial score (nSPS) is 12.2. The van der Waals surface area contributed by atoms with Gasteiger partial charge < -0.3 is 10.5 Å². The molecule has 2 aromatic carbocycles. The Morgan fingerprint density at radius 3 is 2.57 bits per heavy atom. The third-order valence-corrected chi connectivity index (χ3v) is 3.40. The molecule has 2 aromatic rings. The molecule has 2 rings (SSSR count). The van der Waals surface area contributed by atoms with E-state index >= 15 is 0 Å². The van der Waals surface area contributed by atoms with Gasteiger partial charge in [0.2, 0.25) is 5.82 Å². The topological polar surface area (TPSA) is 35.2 Å². The molecular formula is C17H19F2NO. The summed E-state index contributed by atoms with van der Waals surface area (Å²) in [5.74, 6) is -1.51. The van der Waals surface area contributed by atoms with E-state index in [0.29, 0.717) is 5.75 Å². The van der Waals surface area contributed by atoms with E-state index in [1.807, 2.05) is 26.0 Å². The Morgan fingerprint density at radius 2 is 1.90 bits per heavy atom. The molecule has 0 aromatic heterocycles. The average molecular weight is 291 g/mol. The van der Waals surface area contributed by atoms with Crippen LogP contribution in [0.1, 0.15) is 24.5 Å². The zero-order valence-electron chi connectivity index (χ0n) is 12.2. The minimum atomic E-state index is -0.978. The van der Waals surface area contributed by atoms with Crippen molar-refractivity contribution in [1.29, 1.82) is 0 Å². The molecule has 0 amide bonds. The smallest absolute Gasteiger partial charge is 0.201 e. The number of aryl methyl sites for hydroxylation is 1. The highest BCUT2D eigenvalue weighted by atomic mass is 19.2. The molecule has 4 heteroatoms. The molecule has 0 saturated heterocycles. The van der Waals surface area contributed by atoms with E-state index in [0.717, 1.165) is 30.0 Å². The summed E-state index contributed by atoms with van der Waals surface area (Å²) in [5, 5.41) is 0. The number of nitrogens with two attached hydrogens (primary N) is 1. The number of hydrogen-bond donors (Lipinski definition) is 1. The highest BCUT2D eigenvalue weighted by Crippen LogP contribution is 2.29. The molecular weight excluding hydrogens is 272 g/mol. The van der Waals surface area contributed by atoms with Gasteiger partial charge in [0.15, 0.2) is 11.6 Å². The number of halogens is 2. The highest BCUT2D eigenvalue weighted by Gasteiger charge is 2.11. The van der Waals surface area contributed by atoms with Crippen molar-refractivity contribution in [1.82, 2.24) is 0 Å². The van der Waals surface area contributed by atoms with Gasteiger partial charge in [0.05, 0.1) is 0 Å². The third kappa shape index (κ3) is 3.79. The summed E-state index contributed by atoms with van der Waals surface area (Å²) in [5.41, 5.74) is 7.90. The van der Waals surface area contributed by atoms with E-state index in [2.05, 4.69) is 0 Å². The van der Waals surface area contributed by atoms with Crippen molar-refractivity contribution in [2.45, 2.75) is 32.7 Å². The molecule has 0 saturated carbocycles. The molecule has 1 unspecified atom stereocenters. The molecule has 2 nitrogen and oxygen atoms in total. The molecule has 0 aliphatic rings. The van der Waals surface area contributed by atoms with E-state index < -0.39 is 11.6 Å². The van der Waals surface area contributed by atoms with Crippen molar-refractivity contribution in [2.75, 3.05) is 0 Å². The fourth-order valence-electron chi connectivity index (χ4n) is 2.08. The Morgan fingerprint density at radius 1 is 1.14 bits per heavy atom. The molecule has 0 aliphatic carbocycles. The third-order valence-electron chi connectivity index (χ3n) is 3.40. The van der Waals surface area contributed by atoms with Crippen LogP contribution in [0.3, 0.4) is 0 Å². The monoisotopic (exact) mass is 291 g/mol. The number of hydrogen-bond acceptors (Lipinski definition) is 2. The van der Waals surface area contributed by atoms with Gasteiger partial charge in [-0.2, -0.15) is 4.39 Å². The van der Waals surface area contributed by atoms with Crippen LogP contribution in [0.5, 0.6) is 11.5 Å². The molecule has 112 valence electrons. The number of benzene rings is 2. The van der Waals surface area contributed by atoms with Crippen molar-refractivity contribution < 1.29 is 13.5 Å². The van der Waals surface area contributed by atoms with Crippen LogP contribution in [0.15, 0.2) is 36.4 Å². The van der Waals surface area contributed by atoms with Crippen LogP contribution in [-0.2, 0) is 6.42 Å². The van der Waals surface area contributed by atoms with Crippen LogP contribution >= 0.6 is 0 Å². The van der Waals surface area contributed by atoms with Gasteiger partial charge in [-0.15, -0.1) is 0 Å². The SMILES string of the molecule is CCC(N)Cc1ccc(Oc2cccc(F)c2F)c(C)c1. The largest absolute Gasteiger partial charge is 0.454 e. The first-order chi connectivity index (χ1) is 10.0. The summed E-state index contributed by atoms with van der Waals surface area (Å²) in [4.78, 5) is 0. The molecule has 0 bridgehead atoms. The zero-order chi connectivity index (χ0) is 15.4. The summed E-state index contributed by atoms with van der Waals surface area (Å²) >= 11 is 0. The van der Waals surface area contributed by atoms with Crippen LogP contribution < -0.4 is 10.5 Å². The zero-order valence-corrected chi connectivity index (χ0v) is 12.2. The Bertz CT molecular complexity index is 628. The van der Waals surface area contributed by atoms with Crippen LogP contribution in [0, 0.1) is 18.6 Å². The first-order valence-corrected chi connectivity index (χ1v) is 6.98. The van der Waals surface area contributed by atoms with Gasteiger partial charge in [-0.3, -0.25) is 0 Å². The quantitative estimate of drug-likeness (QED) is 0.889. The molecule has 1 atom stereocenters. The number of ether oxygens (including phenoxy) is 1. The highest BCUT2D eigenvalue weighted by molar-refractivity contribution is 5.40. The Labute approximate surface area is 123 Å². The lowest BCUT2D eigenvalue weighted by Gasteiger charge is -2.13. The van der Waals surface area contributed by atoms with E-state index in [1.54, 1.807) is 6.07 Å². The van der Waals surface area contributed by atoms with Crippen LogP contribution in [0.4, 0.5) is 8.78 Å².